The first-order valence-corrected chi connectivity index (χ1v) is 7.29. The number of alkyl halides is 2. The highest BCUT2D eigenvalue weighted by Crippen LogP contribution is 2.42. The summed E-state index contributed by atoms with van der Waals surface area (Å²) in [5.74, 6) is 1.49. The van der Waals surface area contributed by atoms with Crippen LogP contribution < -0.4 is 14.8 Å². The van der Waals surface area contributed by atoms with Gasteiger partial charge in [-0.3, -0.25) is 4.99 Å². The number of rotatable bonds is 2. The third-order valence-electron chi connectivity index (χ3n) is 3.10. The van der Waals surface area contributed by atoms with Crippen molar-refractivity contribution in [3.8, 4) is 11.5 Å². The fourth-order valence-corrected chi connectivity index (χ4v) is 3.14. The molecule has 1 unspecified atom stereocenters. The average molecular weight is 300 g/mol. The summed E-state index contributed by atoms with van der Waals surface area (Å²) >= 11 is 1.63. The van der Waals surface area contributed by atoms with Gasteiger partial charge in [-0.05, 0) is 18.1 Å². The van der Waals surface area contributed by atoms with Crippen LogP contribution in [0.1, 0.15) is 13.8 Å². The van der Waals surface area contributed by atoms with Crippen molar-refractivity contribution in [2.24, 2.45) is 10.9 Å². The van der Waals surface area contributed by atoms with E-state index in [0.717, 1.165) is 10.9 Å². The second-order valence-electron chi connectivity index (χ2n) is 5.01. The smallest absolute Gasteiger partial charge is 0.395 e. The molecule has 3 rings (SSSR count). The molecule has 1 aromatic carbocycles. The van der Waals surface area contributed by atoms with E-state index < -0.39 is 6.29 Å². The summed E-state index contributed by atoms with van der Waals surface area (Å²) in [6.45, 7) is 4.25. The van der Waals surface area contributed by atoms with Crippen LogP contribution in [0.25, 0.3) is 0 Å². The van der Waals surface area contributed by atoms with E-state index in [9.17, 15) is 8.78 Å². The fraction of sp³-hybridized carbons (Fsp3) is 0.462. The van der Waals surface area contributed by atoms with Gasteiger partial charge < -0.3 is 14.8 Å². The topological polar surface area (TPSA) is 42.8 Å². The number of thioether (sulfide) groups is 1. The minimum absolute atomic E-state index is 0.0315. The maximum absolute atomic E-state index is 12.9. The Hall–Kier alpha value is -1.50. The SMILES string of the molecule is CC(C)C1CSC(Nc2ccc3c(c2)OC(F)(F)O3)=N1. The van der Waals surface area contributed by atoms with Gasteiger partial charge in [0.2, 0.25) is 0 Å². The number of amidine groups is 1. The molecule has 0 bridgehead atoms. The number of nitrogens with one attached hydrogen (secondary N) is 1. The van der Waals surface area contributed by atoms with Crippen molar-refractivity contribution in [1.29, 1.82) is 0 Å². The van der Waals surface area contributed by atoms with Gasteiger partial charge in [0.05, 0.1) is 6.04 Å². The van der Waals surface area contributed by atoms with Crippen LogP contribution in [0.3, 0.4) is 0 Å². The molecule has 0 amide bonds. The molecule has 4 nitrogen and oxygen atoms in total. The molecule has 0 aromatic heterocycles. The highest BCUT2D eigenvalue weighted by molar-refractivity contribution is 8.14. The number of halogens is 2. The summed E-state index contributed by atoms with van der Waals surface area (Å²) in [5, 5.41) is 3.92. The van der Waals surface area contributed by atoms with E-state index in [0.29, 0.717) is 17.6 Å². The maximum Gasteiger partial charge on any atom is 0.586 e. The molecule has 0 saturated carbocycles. The van der Waals surface area contributed by atoms with Crippen molar-refractivity contribution in [2.75, 3.05) is 11.1 Å². The molecule has 0 saturated heterocycles. The van der Waals surface area contributed by atoms with Crippen LogP contribution in [0.4, 0.5) is 14.5 Å². The van der Waals surface area contributed by atoms with E-state index >= 15 is 0 Å². The highest BCUT2D eigenvalue weighted by Gasteiger charge is 2.43. The van der Waals surface area contributed by atoms with Gasteiger partial charge in [0, 0.05) is 17.5 Å². The van der Waals surface area contributed by atoms with E-state index in [4.69, 9.17) is 0 Å². The van der Waals surface area contributed by atoms with E-state index in [-0.39, 0.29) is 11.5 Å². The monoisotopic (exact) mass is 300 g/mol. The van der Waals surface area contributed by atoms with Crippen LogP contribution in [0.5, 0.6) is 11.5 Å². The third kappa shape index (κ3) is 2.67. The van der Waals surface area contributed by atoms with Crippen LogP contribution in [-0.4, -0.2) is 23.3 Å². The molecular formula is C13H14F2N2O2S. The highest BCUT2D eigenvalue weighted by atomic mass is 32.2. The van der Waals surface area contributed by atoms with E-state index in [1.54, 1.807) is 17.8 Å². The lowest BCUT2D eigenvalue weighted by molar-refractivity contribution is -0.286. The van der Waals surface area contributed by atoms with Gasteiger partial charge in [0.15, 0.2) is 16.7 Å². The normalized spacial score (nSPS) is 23.1. The Morgan fingerprint density at radius 2 is 2.10 bits per heavy atom. The Labute approximate surface area is 119 Å². The summed E-state index contributed by atoms with van der Waals surface area (Å²) in [4.78, 5) is 4.55. The molecule has 7 heteroatoms. The van der Waals surface area contributed by atoms with Gasteiger partial charge in [0.25, 0.3) is 0 Å². The number of fused-ring (bicyclic) bond motifs is 1. The van der Waals surface area contributed by atoms with Crippen molar-refractivity contribution < 1.29 is 18.3 Å². The molecule has 2 aliphatic rings. The van der Waals surface area contributed by atoms with Crippen molar-refractivity contribution in [2.45, 2.75) is 26.2 Å². The van der Waals surface area contributed by atoms with Gasteiger partial charge in [-0.2, -0.15) is 0 Å². The number of anilines is 1. The van der Waals surface area contributed by atoms with Gasteiger partial charge in [-0.1, -0.05) is 25.6 Å². The Morgan fingerprint density at radius 1 is 1.35 bits per heavy atom. The lowest BCUT2D eigenvalue weighted by Gasteiger charge is -2.08. The van der Waals surface area contributed by atoms with Crippen molar-refractivity contribution >= 4 is 22.6 Å². The van der Waals surface area contributed by atoms with Gasteiger partial charge >= 0.3 is 6.29 Å². The van der Waals surface area contributed by atoms with Crippen molar-refractivity contribution in [3.05, 3.63) is 18.2 Å². The average Bonchev–Trinajstić information content (AvgIpc) is 2.91. The molecular weight excluding hydrogens is 286 g/mol. The Kier molecular flexibility index (Phi) is 3.24. The number of aliphatic imine (C=N–C) groups is 1. The number of hydrogen-bond acceptors (Lipinski definition) is 5. The van der Waals surface area contributed by atoms with Gasteiger partial charge in [-0.15, -0.1) is 8.78 Å². The summed E-state index contributed by atoms with van der Waals surface area (Å²) < 4.78 is 34.6. The molecule has 0 aliphatic carbocycles. The number of benzene rings is 1. The molecule has 0 spiro atoms. The predicted octanol–water partition coefficient (Wildman–Crippen LogP) is 3.55. The molecule has 0 radical (unpaired) electrons. The Morgan fingerprint density at radius 3 is 2.80 bits per heavy atom. The first-order valence-electron chi connectivity index (χ1n) is 6.30. The number of ether oxygens (including phenoxy) is 2. The fourth-order valence-electron chi connectivity index (χ4n) is 1.95. The molecule has 1 aromatic rings. The molecule has 1 atom stereocenters. The van der Waals surface area contributed by atoms with Gasteiger partial charge in [0.1, 0.15) is 0 Å². The minimum Gasteiger partial charge on any atom is -0.395 e. The zero-order valence-electron chi connectivity index (χ0n) is 11.0. The largest absolute Gasteiger partial charge is 0.586 e. The quantitative estimate of drug-likeness (QED) is 0.907. The summed E-state index contributed by atoms with van der Waals surface area (Å²) in [7, 11) is 0. The zero-order chi connectivity index (χ0) is 14.3. The van der Waals surface area contributed by atoms with E-state index in [2.05, 4.69) is 33.6 Å². The summed E-state index contributed by atoms with van der Waals surface area (Å²) in [6, 6.07) is 4.90. The van der Waals surface area contributed by atoms with E-state index in [1.165, 1.54) is 12.1 Å². The summed E-state index contributed by atoms with van der Waals surface area (Å²) in [5.41, 5.74) is 0.653. The second-order valence-corrected chi connectivity index (χ2v) is 6.02. The molecule has 0 fully saturated rings. The lowest BCUT2D eigenvalue weighted by atomic mass is 10.1. The van der Waals surface area contributed by atoms with Gasteiger partial charge in [-0.25, -0.2) is 0 Å². The van der Waals surface area contributed by atoms with Crippen molar-refractivity contribution in [1.82, 2.24) is 0 Å². The van der Waals surface area contributed by atoms with E-state index in [1.807, 2.05) is 0 Å². The Bertz CT molecular complexity index is 563. The van der Waals surface area contributed by atoms with Crippen molar-refractivity contribution in [3.63, 3.8) is 0 Å². The molecule has 2 aliphatic heterocycles. The third-order valence-corrected chi connectivity index (χ3v) is 4.09. The van der Waals surface area contributed by atoms with Crippen LogP contribution in [-0.2, 0) is 0 Å². The van der Waals surface area contributed by atoms with Crippen LogP contribution >= 0.6 is 11.8 Å². The predicted molar refractivity (Wildman–Crippen MR) is 74.8 cm³/mol. The van der Waals surface area contributed by atoms with Crippen LogP contribution in [0.2, 0.25) is 0 Å². The summed E-state index contributed by atoms with van der Waals surface area (Å²) in [6.07, 6.45) is -3.58. The first kappa shape index (κ1) is 13.5. The van der Waals surface area contributed by atoms with Crippen LogP contribution in [0, 0.1) is 5.92 Å². The zero-order valence-corrected chi connectivity index (χ0v) is 11.8. The molecule has 1 N–H and O–H groups in total. The lowest BCUT2D eigenvalue weighted by Crippen LogP contribution is -2.25. The maximum atomic E-state index is 12.9. The Balaban J connectivity index is 1.73. The molecule has 20 heavy (non-hydrogen) atoms. The standard InChI is InChI=1S/C13H14F2N2O2S/c1-7(2)9-6-20-12(17-9)16-8-3-4-10-11(5-8)19-13(14,15)18-10/h3-5,7,9H,6H2,1-2H3,(H,16,17). The van der Waals surface area contributed by atoms with Crippen LogP contribution in [0.15, 0.2) is 23.2 Å². The minimum atomic E-state index is -3.58. The number of hydrogen-bond donors (Lipinski definition) is 1. The molecule has 2 heterocycles. The second kappa shape index (κ2) is 4.80. The molecule has 108 valence electrons. The number of nitrogens with zero attached hydrogens (tertiary/aromatic N) is 1. The first-order chi connectivity index (χ1) is 9.43.